The Morgan fingerprint density at radius 2 is 2.14 bits per heavy atom. The number of methoxy groups -OCH3 is 1. The Kier molecular flexibility index (Phi) is 5.16. The van der Waals surface area contributed by atoms with E-state index in [0.29, 0.717) is 29.8 Å². The largest absolute Gasteiger partial charge is 0.496 e. The summed E-state index contributed by atoms with van der Waals surface area (Å²) in [5.41, 5.74) is 0.740. The first kappa shape index (κ1) is 15.3. The summed E-state index contributed by atoms with van der Waals surface area (Å²) in [6.45, 7) is 2.86. The van der Waals surface area contributed by atoms with E-state index < -0.39 is 5.82 Å². The summed E-state index contributed by atoms with van der Waals surface area (Å²) in [5.74, 6) is 0.592. The molecule has 112 valence electrons. The molecule has 0 bridgehead atoms. The molecule has 21 heavy (non-hydrogen) atoms. The molecule has 2 rings (SSSR count). The van der Waals surface area contributed by atoms with E-state index >= 15 is 0 Å². The molecular weight excluding hydrogens is 295 g/mol. The van der Waals surface area contributed by atoms with E-state index in [1.54, 1.807) is 25.3 Å². The van der Waals surface area contributed by atoms with Crippen molar-refractivity contribution in [3.8, 4) is 5.75 Å². The van der Waals surface area contributed by atoms with Gasteiger partial charge in [0.2, 0.25) is 5.95 Å². The van der Waals surface area contributed by atoms with E-state index in [2.05, 4.69) is 20.6 Å². The molecule has 1 heterocycles. The van der Waals surface area contributed by atoms with Crippen molar-refractivity contribution in [3.63, 3.8) is 0 Å². The number of rotatable bonds is 6. The lowest BCUT2D eigenvalue weighted by Gasteiger charge is -2.12. The van der Waals surface area contributed by atoms with E-state index in [1.807, 2.05) is 6.92 Å². The zero-order valence-electron chi connectivity index (χ0n) is 11.8. The second-order valence-electron chi connectivity index (χ2n) is 4.19. The van der Waals surface area contributed by atoms with Gasteiger partial charge < -0.3 is 15.4 Å². The van der Waals surface area contributed by atoms with Crippen molar-refractivity contribution in [2.75, 3.05) is 24.3 Å². The van der Waals surface area contributed by atoms with E-state index in [0.717, 1.165) is 11.8 Å². The molecule has 0 spiro atoms. The van der Waals surface area contributed by atoms with Gasteiger partial charge >= 0.3 is 0 Å². The minimum Gasteiger partial charge on any atom is -0.496 e. The molecular formula is C14H16ClFN4O. The highest BCUT2D eigenvalue weighted by molar-refractivity contribution is 6.31. The molecule has 0 aliphatic rings. The fourth-order valence-electron chi connectivity index (χ4n) is 1.81. The van der Waals surface area contributed by atoms with Crippen molar-refractivity contribution in [2.45, 2.75) is 13.5 Å². The predicted octanol–water partition coefficient (Wildman–Crippen LogP) is 3.32. The standard InChI is InChI=1S/C14H16ClFN4O/c1-3-17-14-19-8-11(16)13(20-14)18-7-9-10(15)5-4-6-12(9)21-2/h4-6,8H,3,7H2,1-2H3,(H2,17,18,19,20). The van der Waals surface area contributed by atoms with Crippen molar-refractivity contribution in [3.05, 3.63) is 40.8 Å². The fraction of sp³-hybridized carbons (Fsp3) is 0.286. The van der Waals surface area contributed by atoms with Gasteiger partial charge in [0.1, 0.15) is 5.75 Å². The molecule has 0 saturated heterocycles. The molecule has 2 aromatic rings. The summed E-state index contributed by atoms with van der Waals surface area (Å²) in [6.07, 6.45) is 1.12. The van der Waals surface area contributed by atoms with Crippen molar-refractivity contribution >= 4 is 23.4 Å². The van der Waals surface area contributed by atoms with E-state index in [9.17, 15) is 4.39 Å². The lowest BCUT2D eigenvalue weighted by Crippen LogP contribution is -2.09. The molecule has 0 radical (unpaired) electrons. The highest BCUT2D eigenvalue weighted by Gasteiger charge is 2.10. The summed E-state index contributed by atoms with van der Waals surface area (Å²) >= 11 is 6.14. The molecule has 2 N–H and O–H groups in total. The van der Waals surface area contributed by atoms with Gasteiger partial charge in [0, 0.05) is 23.7 Å². The Balaban J connectivity index is 2.18. The number of halogens is 2. The van der Waals surface area contributed by atoms with E-state index in [4.69, 9.17) is 16.3 Å². The molecule has 7 heteroatoms. The molecule has 0 atom stereocenters. The Morgan fingerprint density at radius 1 is 1.33 bits per heavy atom. The van der Waals surface area contributed by atoms with Crippen LogP contribution in [-0.4, -0.2) is 23.6 Å². The number of hydrogen-bond acceptors (Lipinski definition) is 5. The zero-order chi connectivity index (χ0) is 15.2. The Morgan fingerprint density at radius 3 is 2.86 bits per heavy atom. The quantitative estimate of drug-likeness (QED) is 0.857. The van der Waals surface area contributed by atoms with Crippen LogP contribution < -0.4 is 15.4 Å². The highest BCUT2D eigenvalue weighted by atomic mass is 35.5. The summed E-state index contributed by atoms with van der Waals surface area (Å²) < 4.78 is 19.0. The Hall–Kier alpha value is -2.08. The van der Waals surface area contributed by atoms with Crippen LogP contribution in [0.3, 0.4) is 0 Å². The maximum atomic E-state index is 13.7. The van der Waals surface area contributed by atoms with Crippen LogP contribution in [0, 0.1) is 5.82 Å². The topological polar surface area (TPSA) is 59.1 Å². The minimum absolute atomic E-state index is 0.114. The molecule has 0 aliphatic heterocycles. The van der Waals surface area contributed by atoms with Crippen LogP contribution in [0.5, 0.6) is 5.75 Å². The van der Waals surface area contributed by atoms with Gasteiger partial charge in [-0.25, -0.2) is 9.37 Å². The van der Waals surface area contributed by atoms with Crippen molar-refractivity contribution in [1.29, 1.82) is 0 Å². The van der Waals surface area contributed by atoms with Gasteiger partial charge in [-0.3, -0.25) is 0 Å². The number of hydrogen-bond donors (Lipinski definition) is 2. The first-order valence-corrected chi connectivity index (χ1v) is 6.85. The second-order valence-corrected chi connectivity index (χ2v) is 4.60. The van der Waals surface area contributed by atoms with E-state index in [-0.39, 0.29) is 5.82 Å². The predicted molar refractivity (Wildman–Crippen MR) is 81.5 cm³/mol. The summed E-state index contributed by atoms with van der Waals surface area (Å²) in [6, 6.07) is 5.34. The van der Waals surface area contributed by atoms with Crippen molar-refractivity contribution < 1.29 is 9.13 Å². The van der Waals surface area contributed by atoms with Crippen LogP contribution in [0.1, 0.15) is 12.5 Å². The third-order valence-corrected chi connectivity index (χ3v) is 3.16. The zero-order valence-corrected chi connectivity index (χ0v) is 12.5. The molecule has 0 unspecified atom stereocenters. The molecule has 0 amide bonds. The SMILES string of the molecule is CCNc1ncc(F)c(NCc2c(Cl)cccc2OC)n1. The summed E-state index contributed by atoms with van der Waals surface area (Å²) in [4.78, 5) is 7.92. The number of nitrogens with zero attached hydrogens (tertiary/aromatic N) is 2. The third kappa shape index (κ3) is 3.72. The fourth-order valence-corrected chi connectivity index (χ4v) is 2.04. The second kappa shape index (κ2) is 7.08. The normalized spacial score (nSPS) is 10.3. The van der Waals surface area contributed by atoms with Crippen LogP contribution in [0.2, 0.25) is 5.02 Å². The first-order valence-electron chi connectivity index (χ1n) is 6.47. The third-order valence-electron chi connectivity index (χ3n) is 2.81. The first-order chi connectivity index (χ1) is 10.2. The molecule has 0 aliphatic carbocycles. The smallest absolute Gasteiger partial charge is 0.224 e. The molecule has 1 aromatic carbocycles. The Labute approximate surface area is 127 Å². The maximum Gasteiger partial charge on any atom is 0.224 e. The average molecular weight is 311 g/mol. The van der Waals surface area contributed by atoms with Gasteiger partial charge in [0.15, 0.2) is 11.6 Å². The summed E-state index contributed by atoms with van der Waals surface area (Å²) in [5, 5.41) is 6.39. The lowest BCUT2D eigenvalue weighted by molar-refractivity contribution is 0.410. The molecule has 0 fully saturated rings. The number of anilines is 2. The molecule has 5 nitrogen and oxygen atoms in total. The Bertz CT molecular complexity index is 624. The monoisotopic (exact) mass is 310 g/mol. The number of ether oxygens (including phenoxy) is 1. The summed E-state index contributed by atoms with van der Waals surface area (Å²) in [7, 11) is 1.56. The van der Waals surface area contributed by atoms with Crippen molar-refractivity contribution in [1.82, 2.24) is 9.97 Å². The number of nitrogens with one attached hydrogen (secondary N) is 2. The van der Waals surface area contributed by atoms with Crippen LogP contribution in [0.4, 0.5) is 16.2 Å². The van der Waals surface area contributed by atoms with Gasteiger partial charge in [-0.15, -0.1) is 0 Å². The van der Waals surface area contributed by atoms with Gasteiger partial charge in [0.05, 0.1) is 13.3 Å². The van der Waals surface area contributed by atoms with E-state index in [1.165, 1.54) is 0 Å². The lowest BCUT2D eigenvalue weighted by atomic mass is 10.2. The van der Waals surface area contributed by atoms with Gasteiger partial charge in [-0.05, 0) is 19.1 Å². The van der Waals surface area contributed by atoms with Gasteiger partial charge in [0.25, 0.3) is 0 Å². The van der Waals surface area contributed by atoms with Crippen LogP contribution in [0.15, 0.2) is 24.4 Å². The van der Waals surface area contributed by atoms with Gasteiger partial charge in [-0.1, -0.05) is 17.7 Å². The number of aromatic nitrogens is 2. The maximum absolute atomic E-state index is 13.7. The van der Waals surface area contributed by atoms with Crippen LogP contribution >= 0.6 is 11.6 Å². The highest BCUT2D eigenvalue weighted by Crippen LogP contribution is 2.27. The molecule has 1 aromatic heterocycles. The van der Waals surface area contributed by atoms with Crippen LogP contribution in [0.25, 0.3) is 0 Å². The minimum atomic E-state index is -0.525. The van der Waals surface area contributed by atoms with Crippen LogP contribution in [-0.2, 0) is 6.54 Å². The van der Waals surface area contributed by atoms with Gasteiger partial charge in [-0.2, -0.15) is 4.98 Å². The van der Waals surface area contributed by atoms with Crippen molar-refractivity contribution in [2.24, 2.45) is 0 Å². The average Bonchev–Trinajstić information content (AvgIpc) is 2.48. The number of benzene rings is 1. The molecule has 0 saturated carbocycles.